The molecular weight excluding hydrogens is 193 g/mol. The van der Waals surface area contributed by atoms with Crippen molar-refractivity contribution in [2.45, 2.75) is 13.3 Å². The lowest BCUT2D eigenvalue weighted by Crippen LogP contribution is -1.85. The number of aryl methyl sites for hydroxylation is 1. The Morgan fingerprint density at radius 3 is 2.58 bits per heavy atom. The molecule has 0 saturated carbocycles. The highest BCUT2D eigenvalue weighted by Gasteiger charge is 2.03. The molecule has 1 rings (SSSR count). The first kappa shape index (κ1) is 9.38. The van der Waals surface area contributed by atoms with Gasteiger partial charge in [0, 0.05) is 0 Å². The normalized spacial score (nSPS) is 9.50. The molecule has 3 heteroatoms. The van der Waals surface area contributed by atoms with Gasteiger partial charge in [0.05, 0.1) is 22.5 Å². The van der Waals surface area contributed by atoms with Crippen molar-refractivity contribution >= 4 is 23.2 Å². The van der Waals surface area contributed by atoms with Crippen LogP contribution in [-0.4, -0.2) is 0 Å². The van der Waals surface area contributed by atoms with E-state index >= 15 is 0 Å². The number of hydrogen-bond donors (Lipinski definition) is 0. The fraction of sp³-hybridized carbons (Fsp3) is 0.222. The van der Waals surface area contributed by atoms with Crippen molar-refractivity contribution in [2.75, 3.05) is 0 Å². The molecule has 0 spiro atoms. The van der Waals surface area contributed by atoms with Crippen molar-refractivity contribution in [3.8, 4) is 6.07 Å². The molecule has 0 heterocycles. The molecule has 12 heavy (non-hydrogen) atoms. The van der Waals surface area contributed by atoms with Crippen LogP contribution in [0.3, 0.4) is 0 Å². The average Bonchev–Trinajstić information content (AvgIpc) is 2.01. The average molecular weight is 200 g/mol. The van der Waals surface area contributed by atoms with Gasteiger partial charge in [0.2, 0.25) is 0 Å². The van der Waals surface area contributed by atoms with Crippen molar-refractivity contribution in [3.05, 3.63) is 33.3 Å². The van der Waals surface area contributed by atoms with Crippen LogP contribution < -0.4 is 0 Å². The van der Waals surface area contributed by atoms with Gasteiger partial charge in [-0.25, -0.2) is 0 Å². The minimum atomic E-state index is 0.373. The van der Waals surface area contributed by atoms with E-state index in [1.165, 1.54) is 0 Å². The molecule has 0 amide bonds. The Kier molecular flexibility index (Phi) is 2.97. The first-order valence-electron chi connectivity index (χ1n) is 3.46. The maximum absolute atomic E-state index is 8.44. The fourth-order valence-corrected chi connectivity index (χ4v) is 1.39. The summed E-state index contributed by atoms with van der Waals surface area (Å²) in [7, 11) is 0. The Morgan fingerprint density at radius 1 is 1.42 bits per heavy atom. The molecule has 0 aliphatic carbocycles. The Balaban J connectivity index is 3.14. The quantitative estimate of drug-likeness (QED) is 0.681. The van der Waals surface area contributed by atoms with Crippen molar-refractivity contribution < 1.29 is 0 Å². The monoisotopic (exact) mass is 199 g/mol. The Bertz CT molecular complexity index is 316. The van der Waals surface area contributed by atoms with E-state index in [1.54, 1.807) is 6.07 Å². The highest BCUT2D eigenvalue weighted by molar-refractivity contribution is 6.42. The van der Waals surface area contributed by atoms with E-state index in [4.69, 9.17) is 28.5 Å². The van der Waals surface area contributed by atoms with Gasteiger partial charge >= 0.3 is 0 Å². The molecule has 1 aromatic carbocycles. The standard InChI is InChI=1S/C9H7Cl2N/c1-6-4-7(2-3-12)5-8(10)9(6)11/h4-5H,2H2,1H3. The number of benzene rings is 1. The van der Waals surface area contributed by atoms with Crippen molar-refractivity contribution in [1.82, 2.24) is 0 Å². The molecule has 1 nitrogen and oxygen atoms in total. The summed E-state index contributed by atoms with van der Waals surface area (Å²) in [6.45, 7) is 1.87. The molecule has 0 radical (unpaired) electrons. The lowest BCUT2D eigenvalue weighted by atomic mass is 10.1. The molecule has 0 saturated heterocycles. The predicted octanol–water partition coefficient (Wildman–Crippen LogP) is 3.37. The van der Waals surface area contributed by atoms with Gasteiger partial charge in [0.1, 0.15) is 0 Å². The smallest absolute Gasteiger partial charge is 0.0669 e. The molecule has 0 atom stereocenters. The van der Waals surface area contributed by atoms with Gasteiger partial charge in [0.15, 0.2) is 0 Å². The summed E-state index contributed by atoms with van der Waals surface area (Å²) < 4.78 is 0. The summed E-state index contributed by atoms with van der Waals surface area (Å²) in [5.41, 5.74) is 1.82. The predicted molar refractivity (Wildman–Crippen MR) is 50.5 cm³/mol. The van der Waals surface area contributed by atoms with Crippen molar-refractivity contribution in [2.24, 2.45) is 0 Å². The third-order valence-electron chi connectivity index (χ3n) is 1.55. The van der Waals surface area contributed by atoms with Gasteiger partial charge in [-0.15, -0.1) is 0 Å². The SMILES string of the molecule is Cc1cc(CC#N)cc(Cl)c1Cl. The highest BCUT2D eigenvalue weighted by atomic mass is 35.5. The van der Waals surface area contributed by atoms with Gasteiger partial charge in [-0.1, -0.05) is 29.3 Å². The Morgan fingerprint density at radius 2 is 2.08 bits per heavy atom. The van der Waals surface area contributed by atoms with Gasteiger partial charge in [-0.2, -0.15) is 5.26 Å². The fourth-order valence-electron chi connectivity index (χ4n) is 0.991. The maximum atomic E-state index is 8.44. The first-order valence-corrected chi connectivity index (χ1v) is 4.22. The number of nitrogens with zero attached hydrogens (tertiary/aromatic N) is 1. The second kappa shape index (κ2) is 3.80. The van der Waals surface area contributed by atoms with Crippen LogP contribution in [-0.2, 0) is 6.42 Å². The van der Waals surface area contributed by atoms with Crippen LogP contribution in [0, 0.1) is 18.3 Å². The van der Waals surface area contributed by atoms with Crippen LogP contribution >= 0.6 is 23.2 Å². The van der Waals surface area contributed by atoms with Crippen LogP contribution in [0.25, 0.3) is 0 Å². The second-order valence-electron chi connectivity index (χ2n) is 2.54. The Hall–Kier alpha value is -0.710. The van der Waals surface area contributed by atoms with Crippen LogP contribution in [0.4, 0.5) is 0 Å². The molecule has 0 N–H and O–H groups in total. The number of nitriles is 1. The maximum Gasteiger partial charge on any atom is 0.0669 e. The van der Waals surface area contributed by atoms with Gasteiger partial charge < -0.3 is 0 Å². The minimum Gasteiger partial charge on any atom is -0.198 e. The molecule has 0 bridgehead atoms. The van der Waals surface area contributed by atoms with Gasteiger partial charge in [0.25, 0.3) is 0 Å². The number of hydrogen-bond acceptors (Lipinski definition) is 1. The molecule has 0 unspecified atom stereocenters. The first-order chi connectivity index (χ1) is 5.65. The van der Waals surface area contributed by atoms with E-state index < -0.39 is 0 Å². The van der Waals surface area contributed by atoms with Crippen LogP contribution in [0.2, 0.25) is 10.0 Å². The third kappa shape index (κ3) is 1.91. The molecule has 0 fully saturated rings. The molecule has 0 aliphatic rings. The van der Waals surface area contributed by atoms with Crippen LogP contribution in [0.5, 0.6) is 0 Å². The lowest BCUT2D eigenvalue weighted by Gasteiger charge is -2.02. The second-order valence-corrected chi connectivity index (χ2v) is 3.33. The zero-order valence-electron chi connectivity index (χ0n) is 6.56. The molecule has 0 aromatic heterocycles. The van der Waals surface area contributed by atoms with Gasteiger partial charge in [-0.05, 0) is 24.1 Å². The Labute approximate surface area is 81.5 Å². The number of halogens is 2. The summed E-state index contributed by atoms with van der Waals surface area (Å²) >= 11 is 11.6. The van der Waals surface area contributed by atoms with Crippen molar-refractivity contribution in [1.29, 1.82) is 5.26 Å². The van der Waals surface area contributed by atoms with E-state index in [1.807, 2.05) is 13.0 Å². The third-order valence-corrected chi connectivity index (χ3v) is 2.45. The van der Waals surface area contributed by atoms with E-state index in [9.17, 15) is 0 Å². The summed E-state index contributed by atoms with van der Waals surface area (Å²) in [4.78, 5) is 0. The van der Waals surface area contributed by atoms with E-state index in [2.05, 4.69) is 6.07 Å². The minimum absolute atomic E-state index is 0.373. The molecule has 62 valence electrons. The topological polar surface area (TPSA) is 23.8 Å². The van der Waals surface area contributed by atoms with E-state index in [0.29, 0.717) is 16.5 Å². The van der Waals surface area contributed by atoms with E-state index in [0.717, 1.165) is 11.1 Å². The summed E-state index contributed by atoms with van der Waals surface area (Å²) in [5.74, 6) is 0. The van der Waals surface area contributed by atoms with Crippen LogP contribution in [0.15, 0.2) is 12.1 Å². The highest BCUT2D eigenvalue weighted by Crippen LogP contribution is 2.26. The largest absolute Gasteiger partial charge is 0.198 e. The summed E-state index contributed by atoms with van der Waals surface area (Å²) in [6, 6.07) is 5.65. The zero-order valence-corrected chi connectivity index (χ0v) is 8.08. The molecule has 0 aliphatic heterocycles. The van der Waals surface area contributed by atoms with E-state index in [-0.39, 0.29) is 0 Å². The van der Waals surface area contributed by atoms with Gasteiger partial charge in [-0.3, -0.25) is 0 Å². The lowest BCUT2D eigenvalue weighted by molar-refractivity contribution is 1.24. The van der Waals surface area contributed by atoms with Crippen molar-refractivity contribution in [3.63, 3.8) is 0 Å². The molecule has 1 aromatic rings. The summed E-state index contributed by atoms with van der Waals surface area (Å²) in [6.07, 6.45) is 0.373. The summed E-state index contributed by atoms with van der Waals surface area (Å²) in [5, 5.41) is 9.53. The molecular formula is C9H7Cl2N. The zero-order chi connectivity index (χ0) is 9.14. The number of rotatable bonds is 1. The van der Waals surface area contributed by atoms with Crippen LogP contribution in [0.1, 0.15) is 11.1 Å².